The van der Waals surface area contributed by atoms with Crippen molar-refractivity contribution in [1.82, 2.24) is 0 Å². The van der Waals surface area contributed by atoms with Gasteiger partial charge in [-0.25, -0.2) is 0 Å². The summed E-state index contributed by atoms with van der Waals surface area (Å²) < 4.78 is 2.80. The van der Waals surface area contributed by atoms with Gasteiger partial charge in [-0.15, -0.1) is 0 Å². The molecule has 291 valence electrons. The molecular formula is C56H59HfSi. The molecule has 0 bridgehead atoms. The maximum absolute atomic E-state index is 3.13. The number of fused-ring (bicyclic) bond motifs is 5. The summed E-state index contributed by atoms with van der Waals surface area (Å²) in [6.07, 6.45) is 10.1. The standard InChI is InChI=1S/2C22H25.C12H9Si.Hf/c2*1-5-9-16-14-17-10-8-12-18(20(17)15-16)19-11-6-7-13-21(19)22(2,3)4;1-3-7-11-9(5-1)10-6-2-4-8-12(10)13-11;/h2*6-8,10-15H,5,9H2,1-4H3;1-7H,13H2;. The molecule has 0 N–H and O–H groups in total. The van der Waals surface area contributed by atoms with Crippen LogP contribution in [0.3, 0.4) is 0 Å². The fraction of sp³-hybridized carbons (Fsp3) is 0.286. The first-order chi connectivity index (χ1) is 28.0. The second-order valence-corrected chi connectivity index (χ2v) is 30.3. The Balaban J connectivity index is 1.31. The summed E-state index contributed by atoms with van der Waals surface area (Å²) >= 11 is -3.13. The third kappa shape index (κ3) is 6.77. The van der Waals surface area contributed by atoms with Gasteiger partial charge in [-0.3, -0.25) is 0 Å². The monoisotopic (exact) mass is 939 g/mol. The molecule has 2 heteroatoms. The molecular weight excluding hydrogens is 879 g/mol. The molecule has 2 aliphatic carbocycles. The van der Waals surface area contributed by atoms with Crippen molar-refractivity contribution < 1.29 is 21.4 Å². The molecule has 1 aliphatic heterocycles. The maximum atomic E-state index is 2.70. The van der Waals surface area contributed by atoms with E-state index in [2.05, 4.69) is 195 Å². The molecule has 0 radical (unpaired) electrons. The van der Waals surface area contributed by atoms with Gasteiger partial charge in [0.2, 0.25) is 0 Å². The van der Waals surface area contributed by atoms with Crippen LogP contribution < -0.4 is 13.7 Å². The van der Waals surface area contributed by atoms with Crippen molar-refractivity contribution in [2.45, 2.75) is 99.3 Å². The Labute approximate surface area is 358 Å². The molecule has 2 unspecified atom stereocenters. The Morgan fingerprint density at radius 3 is 1.40 bits per heavy atom. The van der Waals surface area contributed by atoms with Gasteiger partial charge in [-0.05, 0) is 0 Å². The van der Waals surface area contributed by atoms with Gasteiger partial charge in [0.25, 0.3) is 0 Å². The van der Waals surface area contributed by atoms with Crippen LogP contribution in [-0.2, 0) is 32.3 Å². The van der Waals surface area contributed by atoms with Crippen LogP contribution in [-0.4, -0.2) is 9.52 Å². The molecule has 1 heterocycles. The fourth-order valence-electron chi connectivity index (χ4n) is 10.8. The summed E-state index contributed by atoms with van der Waals surface area (Å²) in [5.41, 5.74) is 21.3. The van der Waals surface area contributed by atoms with Crippen molar-refractivity contribution in [2.75, 3.05) is 0 Å². The van der Waals surface area contributed by atoms with E-state index in [0.717, 1.165) is 12.8 Å². The first-order valence-electron chi connectivity index (χ1n) is 21.9. The molecule has 0 nitrogen and oxygen atoms in total. The number of allylic oxidation sites excluding steroid dienone is 2. The summed E-state index contributed by atoms with van der Waals surface area (Å²) in [7, 11) is -0.621. The second kappa shape index (κ2) is 15.5. The molecule has 0 saturated carbocycles. The van der Waals surface area contributed by atoms with Crippen LogP contribution in [0, 0.1) is 0 Å². The second-order valence-electron chi connectivity index (χ2n) is 19.1. The Bertz CT molecular complexity index is 2470. The van der Waals surface area contributed by atoms with E-state index in [1.807, 2.05) is 3.32 Å². The third-order valence-corrected chi connectivity index (χ3v) is 29.9. The minimum atomic E-state index is -3.13. The first kappa shape index (κ1) is 39.4. The summed E-state index contributed by atoms with van der Waals surface area (Å²) in [5, 5.41) is 3.40. The predicted molar refractivity (Wildman–Crippen MR) is 252 cm³/mol. The van der Waals surface area contributed by atoms with Crippen LogP contribution in [0.5, 0.6) is 0 Å². The molecule has 0 fully saturated rings. The Morgan fingerprint density at radius 2 is 0.897 bits per heavy atom. The molecule has 0 saturated heterocycles. The molecule has 2 atom stereocenters. The van der Waals surface area contributed by atoms with Crippen LogP contribution in [0.4, 0.5) is 0 Å². The third-order valence-electron chi connectivity index (χ3n) is 13.2. The van der Waals surface area contributed by atoms with Gasteiger partial charge < -0.3 is 0 Å². The van der Waals surface area contributed by atoms with E-state index in [1.165, 1.54) is 62.9 Å². The molecule has 6 aromatic carbocycles. The Hall–Kier alpha value is -4.11. The van der Waals surface area contributed by atoms with E-state index in [9.17, 15) is 0 Å². The van der Waals surface area contributed by atoms with Crippen LogP contribution >= 0.6 is 0 Å². The minimum absolute atomic E-state index is 0.0518. The van der Waals surface area contributed by atoms with E-state index >= 15 is 0 Å². The molecule has 3 aliphatic rings. The van der Waals surface area contributed by atoms with Crippen molar-refractivity contribution >= 4 is 35.4 Å². The van der Waals surface area contributed by atoms with Gasteiger partial charge in [0.1, 0.15) is 0 Å². The van der Waals surface area contributed by atoms with Crippen LogP contribution in [0.1, 0.15) is 122 Å². The molecule has 6 aromatic rings. The van der Waals surface area contributed by atoms with Gasteiger partial charge in [0.15, 0.2) is 0 Å². The normalized spacial score (nSPS) is 17.1. The number of hydrogen-bond donors (Lipinski definition) is 0. The molecule has 0 aromatic heterocycles. The van der Waals surface area contributed by atoms with Crippen molar-refractivity contribution in [1.29, 1.82) is 0 Å². The number of hydrogen-bond acceptors (Lipinski definition) is 0. The zero-order valence-electron chi connectivity index (χ0n) is 36.0. The van der Waals surface area contributed by atoms with Gasteiger partial charge in [0.05, 0.1) is 0 Å². The predicted octanol–water partition coefficient (Wildman–Crippen LogP) is 12.8. The van der Waals surface area contributed by atoms with Gasteiger partial charge in [0, 0.05) is 0 Å². The van der Waals surface area contributed by atoms with Gasteiger partial charge in [-0.1, -0.05) is 0 Å². The molecule has 0 amide bonds. The van der Waals surface area contributed by atoms with Crippen LogP contribution in [0.2, 0.25) is 0 Å². The Kier molecular flexibility index (Phi) is 10.5. The summed E-state index contributed by atoms with van der Waals surface area (Å²) in [6.45, 7) is 19.0. The quantitative estimate of drug-likeness (QED) is 0.127. The van der Waals surface area contributed by atoms with Crippen LogP contribution in [0.25, 0.3) is 45.5 Å². The number of rotatable bonds is 9. The topological polar surface area (TPSA) is 0 Å². The van der Waals surface area contributed by atoms with Gasteiger partial charge in [-0.2, -0.15) is 0 Å². The van der Waals surface area contributed by atoms with E-state index in [0.29, 0.717) is 7.35 Å². The van der Waals surface area contributed by atoms with Crippen molar-refractivity contribution in [2.24, 2.45) is 0 Å². The van der Waals surface area contributed by atoms with Crippen molar-refractivity contribution in [3.8, 4) is 33.4 Å². The SMILES string of the molecule is CCCC1=Cc2c(-c3ccccc3C(C)(C)C)cccc2[CH]1[Hf]([c]1cccc2c1[SiH2]c1ccccc1-2)[CH]1C(CCC)=Cc2c(-c3ccccc3C(C)(C)C)cccc21. The van der Waals surface area contributed by atoms with Crippen molar-refractivity contribution in [3.05, 3.63) is 172 Å². The summed E-state index contributed by atoms with van der Waals surface area (Å²) in [4.78, 5) is 0. The molecule has 9 rings (SSSR count). The van der Waals surface area contributed by atoms with E-state index in [4.69, 9.17) is 0 Å². The van der Waals surface area contributed by atoms with E-state index < -0.39 is 31.0 Å². The molecule has 0 spiro atoms. The van der Waals surface area contributed by atoms with Crippen molar-refractivity contribution in [3.63, 3.8) is 0 Å². The zero-order chi connectivity index (χ0) is 40.3. The van der Waals surface area contributed by atoms with E-state index in [-0.39, 0.29) is 10.8 Å². The fourth-order valence-corrected chi connectivity index (χ4v) is 30.3. The Morgan fingerprint density at radius 1 is 0.466 bits per heavy atom. The zero-order valence-corrected chi connectivity index (χ0v) is 41.0. The first-order valence-corrected chi connectivity index (χ1v) is 29.3. The molecule has 58 heavy (non-hydrogen) atoms. The van der Waals surface area contributed by atoms with Crippen LogP contribution in [0.15, 0.2) is 139 Å². The summed E-state index contributed by atoms with van der Waals surface area (Å²) in [5.74, 6) is 0. The summed E-state index contributed by atoms with van der Waals surface area (Å²) in [6, 6.07) is 50.1. The van der Waals surface area contributed by atoms with E-state index in [1.54, 1.807) is 38.2 Å². The average Bonchev–Trinajstić information content (AvgIpc) is 3.90. The van der Waals surface area contributed by atoms with Gasteiger partial charge >= 0.3 is 361 Å². The average molecular weight is 939 g/mol. The number of benzene rings is 6.